The number of piperazine rings is 1. The van der Waals surface area contributed by atoms with Gasteiger partial charge in [-0.3, -0.25) is 4.79 Å². The molecule has 8 heteroatoms. The van der Waals surface area contributed by atoms with Crippen LogP contribution in [0, 0.1) is 0 Å². The highest BCUT2D eigenvalue weighted by Crippen LogP contribution is 2.26. The zero-order valence-corrected chi connectivity index (χ0v) is 19.4. The molecule has 1 amide bonds. The molecule has 3 heterocycles. The lowest BCUT2D eigenvalue weighted by atomic mass is 9.87. The summed E-state index contributed by atoms with van der Waals surface area (Å²) >= 11 is 1.48. The van der Waals surface area contributed by atoms with Crippen molar-refractivity contribution < 1.29 is 4.79 Å². The van der Waals surface area contributed by atoms with Crippen LogP contribution in [0.25, 0.3) is 16.3 Å². The highest BCUT2D eigenvalue weighted by atomic mass is 35.5. The van der Waals surface area contributed by atoms with Crippen LogP contribution in [0.15, 0.2) is 42.0 Å². The number of carbonyl (C=O) groups excluding carboxylic acids is 1. The molecular formula is C22H28ClN5OS. The first kappa shape index (κ1) is 22.5. The largest absolute Gasteiger partial charge is 0.334 e. The summed E-state index contributed by atoms with van der Waals surface area (Å²) < 4.78 is 1.85. The maximum absolute atomic E-state index is 12.8. The predicted molar refractivity (Wildman–Crippen MR) is 124 cm³/mol. The average molecular weight is 446 g/mol. The molecular weight excluding hydrogens is 418 g/mol. The van der Waals surface area contributed by atoms with E-state index in [0.29, 0.717) is 18.3 Å². The van der Waals surface area contributed by atoms with Crippen LogP contribution in [0.3, 0.4) is 0 Å². The number of thiazole rings is 1. The summed E-state index contributed by atoms with van der Waals surface area (Å²) in [7, 11) is 0. The number of aromatic nitrogens is 3. The van der Waals surface area contributed by atoms with Crippen LogP contribution in [0.4, 0.5) is 0 Å². The highest BCUT2D eigenvalue weighted by molar-refractivity contribution is 7.13. The van der Waals surface area contributed by atoms with Crippen molar-refractivity contribution in [2.75, 3.05) is 19.6 Å². The third-order valence-electron chi connectivity index (χ3n) is 5.21. The van der Waals surface area contributed by atoms with Crippen molar-refractivity contribution >= 4 is 29.7 Å². The molecule has 1 saturated heterocycles. The molecule has 1 aromatic carbocycles. The van der Waals surface area contributed by atoms with Crippen molar-refractivity contribution in [3.63, 3.8) is 0 Å². The number of benzene rings is 1. The van der Waals surface area contributed by atoms with Gasteiger partial charge in [0.25, 0.3) is 5.91 Å². The summed E-state index contributed by atoms with van der Waals surface area (Å²) in [6.45, 7) is 11.0. The van der Waals surface area contributed by atoms with Gasteiger partial charge in [-0.15, -0.1) is 23.7 Å². The summed E-state index contributed by atoms with van der Waals surface area (Å²) in [5, 5.41) is 10.5. The Labute approximate surface area is 187 Å². The van der Waals surface area contributed by atoms with Gasteiger partial charge in [-0.1, -0.05) is 32.9 Å². The fourth-order valence-electron chi connectivity index (χ4n) is 3.47. The molecule has 0 saturated carbocycles. The zero-order valence-electron chi connectivity index (χ0n) is 17.8. The molecule has 3 aromatic rings. The van der Waals surface area contributed by atoms with E-state index in [-0.39, 0.29) is 23.7 Å². The van der Waals surface area contributed by atoms with E-state index in [1.165, 1.54) is 16.9 Å². The van der Waals surface area contributed by atoms with Gasteiger partial charge >= 0.3 is 0 Å². The number of nitrogens with one attached hydrogen (secondary N) is 1. The van der Waals surface area contributed by atoms with E-state index in [4.69, 9.17) is 0 Å². The molecule has 0 spiro atoms. The Morgan fingerprint density at radius 1 is 1.23 bits per heavy atom. The summed E-state index contributed by atoms with van der Waals surface area (Å²) in [5.41, 5.74) is 3.86. The minimum Gasteiger partial charge on any atom is -0.334 e. The molecule has 0 radical (unpaired) electrons. The average Bonchev–Trinajstić information content (AvgIpc) is 3.36. The van der Waals surface area contributed by atoms with Crippen LogP contribution in [0.1, 0.15) is 43.7 Å². The molecule has 0 unspecified atom stereocenters. The summed E-state index contributed by atoms with van der Waals surface area (Å²) in [6, 6.07) is 8.77. The second-order valence-corrected chi connectivity index (χ2v) is 9.47. The molecule has 30 heavy (non-hydrogen) atoms. The predicted octanol–water partition coefficient (Wildman–Crippen LogP) is 4.15. The molecule has 1 fully saturated rings. The Kier molecular flexibility index (Phi) is 6.65. The third-order valence-corrected chi connectivity index (χ3v) is 6.10. The van der Waals surface area contributed by atoms with E-state index >= 15 is 0 Å². The topological polar surface area (TPSA) is 63.1 Å². The lowest BCUT2D eigenvalue weighted by molar-refractivity contribution is 0.0704. The Hall–Kier alpha value is -2.22. The van der Waals surface area contributed by atoms with Crippen molar-refractivity contribution in [2.45, 2.75) is 39.2 Å². The molecule has 6 nitrogen and oxygen atoms in total. The van der Waals surface area contributed by atoms with Crippen molar-refractivity contribution in [1.82, 2.24) is 25.0 Å². The first-order valence-corrected chi connectivity index (χ1v) is 10.8. The van der Waals surface area contributed by atoms with Gasteiger partial charge in [0.1, 0.15) is 10.7 Å². The lowest BCUT2D eigenvalue weighted by Gasteiger charge is -2.31. The van der Waals surface area contributed by atoms with E-state index in [9.17, 15) is 4.79 Å². The van der Waals surface area contributed by atoms with Crippen molar-refractivity contribution in [3.05, 3.63) is 53.3 Å². The van der Waals surface area contributed by atoms with E-state index in [1.807, 2.05) is 21.2 Å². The Bertz CT molecular complexity index is 1010. The number of carbonyl (C=O) groups is 1. The molecule has 160 valence electrons. The van der Waals surface area contributed by atoms with Gasteiger partial charge < -0.3 is 10.2 Å². The molecule has 1 aliphatic rings. The highest BCUT2D eigenvalue weighted by Gasteiger charge is 2.24. The second kappa shape index (κ2) is 8.88. The van der Waals surface area contributed by atoms with Crippen molar-refractivity contribution in [3.8, 4) is 16.3 Å². The standard InChI is InChI=1S/C22H27N5OS.ClH/c1-15-12-26(10-9-23-15)21(28)19-14-29-20(25-19)16-11-24-27(13-16)18-7-5-17(6-8-18)22(2,3)4;/h5-8,11,13-15,23H,9-10,12H2,1-4H3;1H/t15-;/m0./s1. The van der Waals surface area contributed by atoms with Crippen LogP contribution < -0.4 is 5.32 Å². The van der Waals surface area contributed by atoms with Gasteiger partial charge in [-0.25, -0.2) is 9.67 Å². The Morgan fingerprint density at radius 2 is 1.97 bits per heavy atom. The summed E-state index contributed by atoms with van der Waals surface area (Å²) in [4.78, 5) is 19.2. The Balaban J connectivity index is 0.00000256. The van der Waals surface area contributed by atoms with Gasteiger partial charge in [0.2, 0.25) is 0 Å². The quantitative estimate of drug-likeness (QED) is 0.657. The first-order chi connectivity index (χ1) is 13.8. The van der Waals surface area contributed by atoms with Crippen molar-refractivity contribution in [1.29, 1.82) is 0 Å². The fraction of sp³-hybridized carbons (Fsp3) is 0.409. The van der Waals surface area contributed by atoms with Gasteiger partial charge in [-0.05, 0) is 30.0 Å². The number of amides is 1. The molecule has 1 N–H and O–H groups in total. The zero-order chi connectivity index (χ0) is 20.6. The number of halogens is 1. The fourth-order valence-corrected chi connectivity index (χ4v) is 4.24. The van der Waals surface area contributed by atoms with Gasteiger partial charge in [0.05, 0.1) is 11.9 Å². The van der Waals surface area contributed by atoms with Gasteiger partial charge in [0, 0.05) is 42.8 Å². The minimum absolute atomic E-state index is 0. The maximum atomic E-state index is 12.8. The van der Waals surface area contributed by atoms with E-state index < -0.39 is 0 Å². The Morgan fingerprint density at radius 3 is 2.63 bits per heavy atom. The third kappa shape index (κ3) is 4.74. The molecule has 0 bridgehead atoms. The maximum Gasteiger partial charge on any atom is 0.273 e. The number of rotatable bonds is 3. The van der Waals surface area contributed by atoms with Crippen LogP contribution in [0.5, 0.6) is 0 Å². The minimum atomic E-state index is 0. The van der Waals surface area contributed by atoms with Crippen LogP contribution in [-0.2, 0) is 5.41 Å². The molecule has 1 aliphatic heterocycles. The first-order valence-electron chi connectivity index (χ1n) is 9.95. The number of nitrogens with zero attached hydrogens (tertiary/aromatic N) is 4. The van der Waals surface area contributed by atoms with E-state index in [0.717, 1.165) is 29.3 Å². The van der Waals surface area contributed by atoms with Crippen LogP contribution >= 0.6 is 23.7 Å². The summed E-state index contributed by atoms with van der Waals surface area (Å²) in [6.07, 6.45) is 3.77. The van der Waals surface area contributed by atoms with Gasteiger partial charge in [0.15, 0.2) is 0 Å². The number of hydrogen-bond acceptors (Lipinski definition) is 5. The molecule has 1 atom stereocenters. The summed E-state index contributed by atoms with van der Waals surface area (Å²) in [5.74, 6) is 0.00557. The number of hydrogen-bond donors (Lipinski definition) is 1. The van der Waals surface area contributed by atoms with Crippen LogP contribution in [-0.4, -0.2) is 51.2 Å². The van der Waals surface area contributed by atoms with Crippen LogP contribution in [0.2, 0.25) is 0 Å². The smallest absolute Gasteiger partial charge is 0.273 e. The molecule has 2 aromatic heterocycles. The van der Waals surface area contributed by atoms with Gasteiger partial charge in [-0.2, -0.15) is 5.10 Å². The normalized spacial score (nSPS) is 16.9. The molecule has 4 rings (SSSR count). The SMILES string of the molecule is C[C@H]1CN(C(=O)c2csc(-c3cnn(-c4ccc(C(C)(C)C)cc4)c3)n2)CCN1.Cl. The second-order valence-electron chi connectivity index (χ2n) is 8.61. The monoisotopic (exact) mass is 445 g/mol. The van der Waals surface area contributed by atoms with E-state index in [2.05, 4.69) is 67.4 Å². The van der Waals surface area contributed by atoms with Crippen molar-refractivity contribution in [2.24, 2.45) is 0 Å². The van der Waals surface area contributed by atoms with E-state index in [1.54, 1.807) is 6.20 Å². The molecule has 0 aliphatic carbocycles. The lowest BCUT2D eigenvalue weighted by Crippen LogP contribution is -2.51.